The summed E-state index contributed by atoms with van der Waals surface area (Å²) in [7, 11) is 0. The molecule has 0 aromatic rings. The Hall–Kier alpha value is -0.300. The molecule has 1 saturated carbocycles. The zero-order chi connectivity index (χ0) is 12.0. The van der Waals surface area contributed by atoms with Crippen LogP contribution in [0.4, 0.5) is 0 Å². The van der Waals surface area contributed by atoms with E-state index in [1.54, 1.807) is 0 Å². The van der Waals surface area contributed by atoms with Crippen LogP contribution in [-0.2, 0) is 0 Å². The van der Waals surface area contributed by atoms with E-state index in [0.717, 1.165) is 19.3 Å². The molecule has 0 spiro atoms. The Morgan fingerprint density at radius 1 is 1.38 bits per heavy atom. The van der Waals surface area contributed by atoms with Crippen LogP contribution >= 0.6 is 0 Å². The normalized spacial score (nSPS) is 43.2. The van der Waals surface area contributed by atoms with Gasteiger partial charge >= 0.3 is 0 Å². The molecule has 0 radical (unpaired) electrons. The van der Waals surface area contributed by atoms with Gasteiger partial charge in [0.05, 0.1) is 5.60 Å². The summed E-state index contributed by atoms with van der Waals surface area (Å²) >= 11 is 0. The predicted octanol–water partition coefficient (Wildman–Crippen LogP) is 3.92. The Balaban J connectivity index is 2.31. The van der Waals surface area contributed by atoms with E-state index in [0.29, 0.717) is 17.3 Å². The molecule has 0 heterocycles. The monoisotopic (exact) mass is 222 g/mol. The quantitative estimate of drug-likeness (QED) is 0.616. The molecule has 1 fully saturated rings. The lowest BCUT2D eigenvalue weighted by atomic mass is 9.69. The first kappa shape index (κ1) is 12.2. The Morgan fingerprint density at radius 3 is 2.75 bits per heavy atom. The first-order valence-electron chi connectivity index (χ1n) is 6.70. The van der Waals surface area contributed by atoms with Crippen molar-refractivity contribution in [1.29, 1.82) is 0 Å². The Morgan fingerprint density at radius 2 is 2.06 bits per heavy atom. The third-order valence-corrected chi connectivity index (χ3v) is 4.77. The van der Waals surface area contributed by atoms with Crippen LogP contribution < -0.4 is 0 Å². The third-order valence-electron chi connectivity index (χ3n) is 4.77. The van der Waals surface area contributed by atoms with E-state index in [1.807, 2.05) is 0 Å². The summed E-state index contributed by atoms with van der Waals surface area (Å²) in [4.78, 5) is 0. The van der Waals surface area contributed by atoms with E-state index in [-0.39, 0.29) is 0 Å². The number of hydrogen-bond donors (Lipinski definition) is 1. The molecule has 16 heavy (non-hydrogen) atoms. The second-order valence-corrected chi connectivity index (χ2v) is 7.03. The SMILES string of the molecule is CC1=CCC(C)(C)C[C@H]2[C@H](C)CC[C@]2(O)C1. The van der Waals surface area contributed by atoms with Crippen LogP contribution in [-0.4, -0.2) is 10.7 Å². The molecule has 0 saturated heterocycles. The molecule has 92 valence electrons. The van der Waals surface area contributed by atoms with Gasteiger partial charge in [0.2, 0.25) is 0 Å². The van der Waals surface area contributed by atoms with Crippen LogP contribution in [0.15, 0.2) is 11.6 Å². The smallest absolute Gasteiger partial charge is 0.0715 e. The Labute approximate surface area is 99.9 Å². The molecule has 0 amide bonds. The highest BCUT2D eigenvalue weighted by Crippen LogP contribution is 2.50. The van der Waals surface area contributed by atoms with Gasteiger partial charge in [0.25, 0.3) is 0 Å². The standard InChI is InChI=1S/C15H26O/c1-11-5-7-14(3,4)10-13-12(2)6-8-15(13,16)9-11/h5,12-13,16H,6-10H2,1-4H3/t12-,13+,15+/m1/s1. The summed E-state index contributed by atoms with van der Waals surface area (Å²) in [6, 6.07) is 0. The van der Waals surface area contributed by atoms with Crippen LogP contribution in [0, 0.1) is 17.3 Å². The van der Waals surface area contributed by atoms with Gasteiger partial charge in [-0.1, -0.05) is 32.4 Å². The number of allylic oxidation sites excluding steroid dienone is 1. The van der Waals surface area contributed by atoms with E-state index >= 15 is 0 Å². The van der Waals surface area contributed by atoms with Crippen LogP contribution in [0.2, 0.25) is 0 Å². The second kappa shape index (κ2) is 3.87. The van der Waals surface area contributed by atoms with Crippen molar-refractivity contribution >= 4 is 0 Å². The molecule has 0 aromatic heterocycles. The average Bonchev–Trinajstić information content (AvgIpc) is 2.42. The fourth-order valence-corrected chi connectivity index (χ4v) is 3.69. The molecular formula is C15H26O. The summed E-state index contributed by atoms with van der Waals surface area (Å²) in [5, 5.41) is 10.8. The molecule has 0 unspecified atom stereocenters. The molecule has 1 N–H and O–H groups in total. The van der Waals surface area contributed by atoms with E-state index in [1.165, 1.54) is 18.4 Å². The van der Waals surface area contributed by atoms with Crippen molar-refractivity contribution in [3.8, 4) is 0 Å². The summed E-state index contributed by atoms with van der Waals surface area (Å²) in [6.45, 7) is 9.18. The van der Waals surface area contributed by atoms with Gasteiger partial charge in [-0.25, -0.2) is 0 Å². The second-order valence-electron chi connectivity index (χ2n) is 7.03. The average molecular weight is 222 g/mol. The van der Waals surface area contributed by atoms with Crippen LogP contribution in [0.1, 0.15) is 59.8 Å². The highest BCUT2D eigenvalue weighted by molar-refractivity contribution is 5.12. The number of fused-ring (bicyclic) bond motifs is 1. The van der Waals surface area contributed by atoms with E-state index in [2.05, 4.69) is 33.8 Å². The highest BCUT2D eigenvalue weighted by Gasteiger charge is 2.47. The van der Waals surface area contributed by atoms with Gasteiger partial charge in [0.15, 0.2) is 0 Å². The maximum Gasteiger partial charge on any atom is 0.0715 e. The third kappa shape index (κ3) is 2.20. The minimum Gasteiger partial charge on any atom is -0.389 e. The van der Waals surface area contributed by atoms with Gasteiger partial charge in [-0.3, -0.25) is 0 Å². The summed E-state index contributed by atoms with van der Waals surface area (Å²) in [5.41, 5.74) is 1.32. The largest absolute Gasteiger partial charge is 0.389 e. The summed E-state index contributed by atoms with van der Waals surface area (Å²) in [6.07, 6.45) is 7.78. The maximum absolute atomic E-state index is 10.8. The minimum absolute atomic E-state index is 0.346. The van der Waals surface area contributed by atoms with Crippen LogP contribution in [0.3, 0.4) is 0 Å². The highest BCUT2D eigenvalue weighted by atomic mass is 16.3. The first-order chi connectivity index (χ1) is 7.32. The molecule has 1 heteroatoms. The minimum atomic E-state index is -0.405. The lowest BCUT2D eigenvalue weighted by molar-refractivity contribution is -0.0252. The summed E-state index contributed by atoms with van der Waals surface area (Å²) < 4.78 is 0. The molecule has 3 atom stereocenters. The predicted molar refractivity (Wildman–Crippen MR) is 68.2 cm³/mol. The molecule has 2 aliphatic carbocycles. The van der Waals surface area contributed by atoms with Crippen molar-refractivity contribution in [3.63, 3.8) is 0 Å². The molecular weight excluding hydrogens is 196 g/mol. The molecule has 0 bridgehead atoms. The maximum atomic E-state index is 10.8. The number of aliphatic hydroxyl groups is 1. The van der Waals surface area contributed by atoms with Gasteiger partial charge in [-0.2, -0.15) is 0 Å². The van der Waals surface area contributed by atoms with E-state index < -0.39 is 5.60 Å². The van der Waals surface area contributed by atoms with Gasteiger partial charge in [-0.05, 0) is 56.3 Å². The number of rotatable bonds is 0. The van der Waals surface area contributed by atoms with Gasteiger partial charge < -0.3 is 5.11 Å². The Bertz CT molecular complexity index is 303. The van der Waals surface area contributed by atoms with Crippen molar-refractivity contribution in [2.45, 2.75) is 65.4 Å². The molecule has 0 aromatic carbocycles. The van der Waals surface area contributed by atoms with Gasteiger partial charge in [0, 0.05) is 0 Å². The van der Waals surface area contributed by atoms with Gasteiger partial charge in [-0.15, -0.1) is 0 Å². The number of hydrogen-bond acceptors (Lipinski definition) is 1. The van der Waals surface area contributed by atoms with Crippen LogP contribution in [0.25, 0.3) is 0 Å². The molecule has 2 aliphatic rings. The van der Waals surface area contributed by atoms with Gasteiger partial charge in [0.1, 0.15) is 0 Å². The zero-order valence-electron chi connectivity index (χ0n) is 11.2. The lowest BCUT2D eigenvalue weighted by Crippen LogP contribution is -2.39. The van der Waals surface area contributed by atoms with Crippen molar-refractivity contribution < 1.29 is 5.11 Å². The molecule has 0 aliphatic heterocycles. The lowest BCUT2D eigenvalue weighted by Gasteiger charge is -2.39. The van der Waals surface area contributed by atoms with Crippen molar-refractivity contribution in [2.75, 3.05) is 0 Å². The summed E-state index contributed by atoms with van der Waals surface area (Å²) in [5.74, 6) is 1.20. The fraction of sp³-hybridized carbons (Fsp3) is 0.867. The molecule has 1 nitrogen and oxygen atoms in total. The molecule has 2 rings (SSSR count). The Kier molecular flexibility index (Phi) is 2.94. The van der Waals surface area contributed by atoms with Crippen molar-refractivity contribution in [3.05, 3.63) is 11.6 Å². The fourth-order valence-electron chi connectivity index (χ4n) is 3.69. The van der Waals surface area contributed by atoms with E-state index in [9.17, 15) is 5.11 Å². The first-order valence-corrected chi connectivity index (χ1v) is 6.70. The van der Waals surface area contributed by atoms with Crippen LogP contribution in [0.5, 0.6) is 0 Å². The topological polar surface area (TPSA) is 20.2 Å². The zero-order valence-corrected chi connectivity index (χ0v) is 11.2. The van der Waals surface area contributed by atoms with Crippen molar-refractivity contribution in [2.24, 2.45) is 17.3 Å². The van der Waals surface area contributed by atoms with E-state index in [4.69, 9.17) is 0 Å². The van der Waals surface area contributed by atoms with Crippen molar-refractivity contribution in [1.82, 2.24) is 0 Å².